The predicted octanol–water partition coefficient (Wildman–Crippen LogP) is 1.54. The van der Waals surface area contributed by atoms with E-state index in [4.69, 9.17) is 0 Å². The van der Waals surface area contributed by atoms with E-state index < -0.39 is 0 Å². The fourth-order valence-electron chi connectivity index (χ4n) is 2.50. The molecule has 21 heavy (non-hydrogen) atoms. The van der Waals surface area contributed by atoms with Gasteiger partial charge in [0.25, 0.3) is 5.91 Å². The summed E-state index contributed by atoms with van der Waals surface area (Å²) in [5, 5.41) is 13.7. The third kappa shape index (κ3) is 2.99. The lowest BCUT2D eigenvalue weighted by Crippen LogP contribution is -2.36. The lowest BCUT2D eigenvalue weighted by Gasteiger charge is -2.23. The number of anilines is 2. The highest BCUT2D eigenvalue weighted by molar-refractivity contribution is 6.02. The molecule has 0 saturated heterocycles. The number of hydrogen-bond donors (Lipinski definition) is 3. The van der Waals surface area contributed by atoms with Gasteiger partial charge in [-0.05, 0) is 25.1 Å². The van der Waals surface area contributed by atoms with Gasteiger partial charge >= 0.3 is 0 Å². The Balaban J connectivity index is 1.70. The van der Waals surface area contributed by atoms with E-state index in [0.29, 0.717) is 12.1 Å². The standard InChI is InChI=1S/C15H19N5O/c1-11(10-20-9-3-6-18-20)19-15(21)12-4-2-5-13-14(12)17-8-7-16-13/h2-6,9,11,16-17H,7-8,10H2,1H3,(H,19,21). The summed E-state index contributed by atoms with van der Waals surface area (Å²) in [4.78, 5) is 12.4. The molecule has 1 aromatic carbocycles. The Morgan fingerprint density at radius 3 is 3.05 bits per heavy atom. The Morgan fingerprint density at radius 2 is 2.24 bits per heavy atom. The molecule has 110 valence electrons. The van der Waals surface area contributed by atoms with Crippen LogP contribution < -0.4 is 16.0 Å². The molecule has 1 aliphatic heterocycles. The zero-order chi connectivity index (χ0) is 14.7. The molecule has 0 aliphatic carbocycles. The van der Waals surface area contributed by atoms with Crippen LogP contribution in [0.25, 0.3) is 0 Å². The number of carbonyl (C=O) groups is 1. The fourth-order valence-corrected chi connectivity index (χ4v) is 2.50. The van der Waals surface area contributed by atoms with Gasteiger partial charge in [-0.2, -0.15) is 5.10 Å². The van der Waals surface area contributed by atoms with Crippen molar-refractivity contribution in [2.45, 2.75) is 19.5 Å². The van der Waals surface area contributed by atoms with Gasteiger partial charge < -0.3 is 16.0 Å². The summed E-state index contributed by atoms with van der Waals surface area (Å²) in [6.45, 7) is 4.31. The van der Waals surface area contributed by atoms with E-state index in [0.717, 1.165) is 24.5 Å². The molecule has 0 fully saturated rings. The highest BCUT2D eigenvalue weighted by Gasteiger charge is 2.18. The van der Waals surface area contributed by atoms with Crippen LogP contribution in [0.2, 0.25) is 0 Å². The number of nitrogens with zero attached hydrogens (tertiary/aromatic N) is 2. The van der Waals surface area contributed by atoms with Crippen LogP contribution in [0, 0.1) is 0 Å². The number of para-hydroxylation sites is 1. The van der Waals surface area contributed by atoms with Crippen LogP contribution in [0.15, 0.2) is 36.7 Å². The molecule has 3 rings (SSSR count). The number of aromatic nitrogens is 2. The number of fused-ring (bicyclic) bond motifs is 1. The molecule has 0 spiro atoms. The quantitative estimate of drug-likeness (QED) is 0.797. The molecule has 3 N–H and O–H groups in total. The van der Waals surface area contributed by atoms with Crippen molar-refractivity contribution >= 4 is 17.3 Å². The number of hydrogen-bond acceptors (Lipinski definition) is 4. The molecule has 0 bridgehead atoms. The highest BCUT2D eigenvalue weighted by atomic mass is 16.1. The van der Waals surface area contributed by atoms with Crippen molar-refractivity contribution in [1.29, 1.82) is 0 Å². The van der Waals surface area contributed by atoms with Crippen molar-refractivity contribution < 1.29 is 4.79 Å². The van der Waals surface area contributed by atoms with Gasteiger partial charge in [0.2, 0.25) is 0 Å². The van der Waals surface area contributed by atoms with Crippen LogP contribution in [0.4, 0.5) is 11.4 Å². The van der Waals surface area contributed by atoms with Gasteiger partial charge in [0.1, 0.15) is 0 Å². The van der Waals surface area contributed by atoms with Crippen LogP contribution in [-0.4, -0.2) is 34.8 Å². The van der Waals surface area contributed by atoms with Gasteiger partial charge in [0.15, 0.2) is 0 Å². The molecule has 1 unspecified atom stereocenters. The maximum Gasteiger partial charge on any atom is 0.253 e. The summed E-state index contributed by atoms with van der Waals surface area (Å²) < 4.78 is 1.81. The van der Waals surface area contributed by atoms with Crippen LogP contribution in [0.3, 0.4) is 0 Å². The number of rotatable bonds is 4. The first-order valence-corrected chi connectivity index (χ1v) is 7.13. The molecule has 0 radical (unpaired) electrons. The molecular weight excluding hydrogens is 266 g/mol. The molecule has 1 aromatic heterocycles. The molecule has 0 saturated carbocycles. The van der Waals surface area contributed by atoms with Gasteiger partial charge in [-0.3, -0.25) is 9.48 Å². The third-order valence-electron chi connectivity index (χ3n) is 3.45. The van der Waals surface area contributed by atoms with Crippen molar-refractivity contribution in [2.24, 2.45) is 0 Å². The largest absolute Gasteiger partial charge is 0.382 e. The van der Waals surface area contributed by atoms with Gasteiger partial charge in [-0.1, -0.05) is 6.07 Å². The number of amides is 1. The summed E-state index contributed by atoms with van der Waals surface area (Å²) in [7, 11) is 0. The van der Waals surface area contributed by atoms with E-state index in [2.05, 4.69) is 21.0 Å². The molecule has 2 aromatic rings. The number of nitrogens with one attached hydrogen (secondary N) is 3. The van der Waals surface area contributed by atoms with Crippen molar-refractivity contribution in [2.75, 3.05) is 23.7 Å². The topological polar surface area (TPSA) is 71.0 Å². The monoisotopic (exact) mass is 285 g/mol. The smallest absolute Gasteiger partial charge is 0.253 e. The van der Waals surface area contributed by atoms with Crippen LogP contribution in [0.5, 0.6) is 0 Å². The number of benzene rings is 1. The van der Waals surface area contributed by atoms with E-state index >= 15 is 0 Å². The Kier molecular flexibility index (Phi) is 3.77. The maximum absolute atomic E-state index is 12.4. The summed E-state index contributed by atoms with van der Waals surface area (Å²) in [6, 6.07) is 7.59. The van der Waals surface area contributed by atoms with E-state index in [1.165, 1.54) is 0 Å². The lowest BCUT2D eigenvalue weighted by atomic mass is 10.1. The molecule has 2 heterocycles. The van der Waals surface area contributed by atoms with Crippen molar-refractivity contribution in [3.8, 4) is 0 Å². The van der Waals surface area contributed by atoms with E-state index in [1.807, 2.05) is 42.1 Å². The van der Waals surface area contributed by atoms with Gasteiger partial charge in [0, 0.05) is 31.5 Å². The van der Waals surface area contributed by atoms with E-state index in [-0.39, 0.29) is 11.9 Å². The molecule has 1 amide bonds. The average Bonchev–Trinajstić information content (AvgIpc) is 2.99. The van der Waals surface area contributed by atoms with Gasteiger partial charge in [-0.15, -0.1) is 0 Å². The van der Waals surface area contributed by atoms with E-state index in [9.17, 15) is 4.79 Å². The van der Waals surface area contributed by atoms with Crippen LogP contribution >= 0.6 is 0 Å². The van der Waals surface area contributed by atoms with Crippen LogP contribution in [-0.2, 0) is 6.54 Å². The summed E-state index contributed by atoms with van der Waals surface area (Å²) in [5.74, 6) is -0.0669. The van der Waals surface area contributed by atoms with Gasteiger partial charge in [0.05, 0.1) is 23.5 Å². The molecule has 1 aliphatic rings. The van der Waals surface area contributed by atoms with Crippen molar-refractivity contribution in [3.05, 3.63) is 42.2 Å². The van der Waals surface area contributed by atoms with Crippen LogP contribution in [0.1, 0.15) is 17.3 Å². The number of carbonyl (C=O) groups excluding carboxylic acids is 1. The second-order valence-electron chi connectivity index (χ2n) is 5.18. The average molecular weight is 285 g/mol. The van der Waals surface area contributed by atoms with Crippen molar-refractivity contribution in [3.63, 3.8) is 0 Å². The minimum absolute atomic E-state index is 0.00445. The molecular formula is C15H19N5O. The minimum atomic E-state index is -0.0669. The second-order valence-corrected chi connectivity index (χ2v) is 5.18. The normalized spacial score (nSPS) is 14.5. The summed E-state index contributed by atoms with van der Waals surface area (Å²) in [6.07, 6.45) is 3.62. The van der Waals surface area contributed by atoms with Crippen molar-refractivity contribution in [1.82, 2.24) is 15.1 Å². The first-order valence-electron chi connectivity index (χ1n) is 7.13. The Morgan fingerprint density at radius 1 is 1.38 bits per heavy atom. The maximum atomic E-state index is 12.4. The Bertz CT molecular complexity index is 623. The summed E-state index contributed by atoms with van der Waals surface area (Å²) in [5.41, 5.74) is 2.54. The lowest BCUT2D eigenvalue weighted by molar-refractivity contribution is 0.0937. The fraction of sp³-hybridized carbons (Fsp3) is 0.333. The molecule has 1 atom stereocenters. The Hall–Kier alpha value is -2.50. The van der Waals surface area contributed by atoms with E-state index in [1.54, 1.807) is 6.20 Å². The second kappa shape index (κ2) is 5.87. The van der Waals surface area contributed by atoms with Gasteiger partial charge in [-0.25, -0.2) is 0 Å². The first kappa shape index (κ1) is 13.5. The predicted molar refractivity (Wildman–Crippen MR) is 82.6 cm³/mol. The first-order chi connectivity index (χ1) is 10.2. The highest BCUT2D eigenvalue weighted by Crippen LogP contribution is 2.28. The SMILES string of the molecule is CC(Cn1cccn1)NC(=O)c1cccc2c1NCCN2. The molecule has 6 heteroatoms. The zero-order valence-electron chi connectivity index (χ0n) is 12.0. The minimum Gasteiger partial charge on any atom is -0.382 e. The molecule has 6 nitrogen and oxygen atoms in total. The zero-order valence-corrected chi connectivity index (χ0v) is 12.0. The summed E-state index contributed by atoms with van der Waals surface area (Å²) >= 11 is 0. The third-order valence-corrected chi connectivity index (χ3v) is 3.45. The Labute approximate surface area is 123 Å².